The van der Waals surface area contributed by atoms with Crippen molar-refractivity contribution in [2.75, 3.05) is 12.4 Å². The van der Waals surface area contributed by atoms with Crippen molar-refractivity contribution in [2.45, 2.75) is 6.92 Å². The lowest BCUT2D eigenvalue weighted by atomic mass is 10.2. The third-order valence-corrected chi connectivity index (χ3v) is 2.13. The smallest absolute Gasteiger partial charge is 0.124 e. The molecule has 0 aliphatic rings. The Labute approximate surface area is 73.7 Å². The molecule has 0 amide bonds. The summed E-state index contributed by atoms with van der Waals surface area (Å²) in [5, 5.41) is 2.98. The lowest BCUT2D eigenvalue weighted by Gasteiger charge is -2.06. The maximum atomic E-state index is 12.7. The number of halogens is 2. The summed E-state index contributed by atoms with van der Waals surface area (Å²) < 4.78 is 13.4. The molecule has 0 aliphatic carbocycles. The van der Waals surface area contributed by atoms with Crippen molar-refractivity contribution in [2.24, 2.45) is 0 Å². The van der Waals surface area contributed by atoms with E-state index in [-0.39, 0.29) is 5.82 Å². The van der Waals surface area contributed by atoms with Crippen LogP contribution in [0.4, 0.5) is 10.1 Å². The van der Waals surface area contributed by atoms with Crippen molar-refractivity contribution < 1.29 is 4.39 Å². The standard InChI is InChI=1S/C8H9BrFN/c1-5-3-6(10)4-7(9)8(5)11-2/h3-4,11H,1-2H3. The highest BCUT2D eigenvalue weighted by molar-refractivity contribution is 9.10. The van der Waals surface area contributed by atoms with Gasteiger partial charge < -0.3 is 5.32 Å². The zero-order chi connectivity index (χ0) is 8.43. The molecular weight excluding hydrogens is 209 g/mol. The average molecular weight is 218 g/mol. The first-order valence-electron chi connectivity index (χ1n) is 3.28. The van der Waals surface area contributed by atoms with E-state index in [0.717, 1.165) is 15.7 Å². The summed E-state index contributed by atoms with van der Waals surface area (Å²) >= 11 is 3.26. The van der Waals surface area contributed by atoms with Crippen LogP contribution >= 0.6 is 15.9 Å². The minimum atomic E-state index is -0.214. The normalized spacial score (nSPS) is 9.82. The maximum absolute atomic E-state index is 12.7. The van der Waals surface area contributed by atoms with E-state index in [1.165, 1.54) is 12.1 Å². The Morgan fingerprint density at radius 2 is 2.09 bits per heavy atom. The van der Waals surface area contributed by atoms with Crippen LogP contribution < -0.4 is 5.32 Å². The Bertz CT molecular complexity index is 250. The maximum Gasteiger partial charge on any atom is 0.124 e. The van der Waals surface area contributed by atoms with Gasteiger partial charge in [-0.05, 0) is 40.5 Å². The van der Waals surface area contributed by atoms with Gasteiger partial charge in [0.25, 0.3) is 0 Å². The highest BCUT2D eigenvalue weighted by Crippen LogP contribution is 2.26. The SMILES string of the molecule is CNc1c(C)cc(F)cc1Br. The monoisotopic (exact) mass is 217 g/mol. The highest BCUT2D eigenvalue weighted by Gasteiger charge is 2.03. The third-order valence-electron chi connectivity index (χ3n) is 1.50. The number of hydrogen-bond acceptors (Lipinski definition) is 1. The van der Waals surface area contributed by atoms with E-state index in [4.69, 9.17) is 0 Å². The number of rotatable bonds is 1. The molecule has 1 nitrogen and oxygen atoms in total. The van der Waals surface area contributed by atoms with Crippen LogP contribution in [0.2, 0.25) is 0 Å². The summed E-state index contributed by atoms with van der Waals surface area (Å²) in [6.45, 7) is 1.86. The molecule has 1 aromatic rings. The van der Waals surface area contributed by atoms with Crippen molar-refractivity contribution >= 4 is 21.6 Å². The van der Waals surface area contributed by atoms with Gasteiger partial charge in [0.2, 0.25) is 0 Å². The van der Waals surface area contributed by atoms with Crippen molar-refractivity contribution in [3.8, 4) is 0 Å². The third kappa shape index (κ3) is 1.71. The molecule has 0 aromatic heterocycles. The molecule has 0 bridgehead atoms. The Morgan fingerprint density at radius 1 is 1.45 bits per heavy atom. The molecule has 0 atom stereocenters. The van der Waals surface area contributed by atoms with E-state index in [1.807, 2.05) is 14.0 Å². The highest BCUT2D eigenvalue weighted by atomic mass is 79.9. The summed E-state index contributed by atoms with van der Waals surface area (Å²) in [5.41, 5.74) is 1.84. The number of nitrogens with one attached hydrogen (secondary N) is 1. The van der Waals surface area contributed by atoms with Crippen LogP contribution in [0.3, 0.4) is 0 Å². The van der Waals surface area contributed by atoms with Gasteiger partial charge in [0.15, 0.2) is 0 Å². The van der Waals surface area contributed by atoms with E-state index < -0.39 is 0 Å². The second-order valence-electron chi connectivity index (χ2n) is 2.33. The summed E-state index contributed by atoms with van der Waals surface area (Å²) in [7, 11) is 1.81. The molecule has 11 heavy (non-hydrogen) atoms. The van der Waals surface area contributed by atoms with Gasteiger partial charge in [-0.3, -0.25) is 0 Å². The van der Waals surface area contributed by atoms with Crippen LogP contribution in [0.25, 0.3) is 0 Å². The predicted molar refractivity (Wildman–Crippen MR) is 48.4 cm³/mol. The molecule has 0 saturated carbocycles. The topological polar surface area (TPSA) is 12.0 Å². The quantitative estimate of drug-likeness (QED) is 0.764. The minimum Gasteiger partial charge on any atom is -0.387 e. The van der Waals surface area contributed by atoms with Crippen LogP contribution in [0.15, 0.2) is 16.6 Å². The fourth-order valence-electron chi connectivity index (χ4n) is 1.02. The van der Waals surface area contributed by atoms with Gasteiger partial charge >= 0.3 is 0 Å². The number of anilines is 1. The zero-order valence-electron chi connectivity index (χ0n) is 6.41. The fourth-order valence-corrected chi connectivity index (χ4v) is 1.75. The molecule has 0 fully saturated rings. The fraction of sp³-hybridized carbons (Fsp3) is 0.250. The molecular formula is C8H9BrFN. The molecule has 0 spiro atoms. The van der Waals surface area contributed by atoms with E-state index in [1.54, 1.807) is 0 Å². The molecule has 0 aliphatic heterocycles. The summed E-state index contributed by atoms with van der Waals surface area (Å²) in [5.74, 6) is -0.214. The Morgan fingerprint density at radius 3 is 2.55 bits per heavy atom. The zero-order valence-corrected chi connectivity index (χ0v) is 8.00. The molecule has 1 rings (SSSR count). The van der Waals surface area contributed by atoms with Crippen molar-refractivity contribution in [1.82, 2.24) is 0 Å². The largest absolute Gasteiger partial charge is 0.387 e. The van der Waals surface area contributed by atoms with Gasteiger partial charge in [-0.2, -0.15) is 0 Å². The van der Waals surface area contributed by atoms with Crippen LogP contribution in [0, 0.1) is 12.7 Å². The minimum absolute atomic E-state index is 0.214. The summed E-state index contributed by atoms with van der Waals surface area (Å²) in [4.78, 5) is 0. The molecule has 60 valence electrons. The first-order valence-corrected chi connectivity index (χ1v) is 4.08. The van der Waals surface area contributed by atoms with Crippen LogP contribution in [-0.2, 0) is 0 Å². The van der Waals surface area contributed by atoms with Crippen LogP contribution in [-0.4, -0.2) is 7.05 Å². The number of aryl methyl sites for hydroxylation is 1. The molecule has 1 N–H and O–H groups in total. The van der Waals surface area contributed by atoms with E-state index in [0.29, 0.717) is 0 Å². The van der Waals surface area contributed by atoms with Crippen LogP contribution in [0.1, 0.15) is 5.56 Å². The lowest BCUT2D eigenvalue weighted by Crippen LogP contribution is -1.93. The van der Waals surface area contributed by atoms with Gasteiger partial charge in [-0.1, -0.05) is 0 Å². The van der Waals surface area contributed by atoms with Gasteiger partial charge in [-0.15, -0.1) is 0 Å². The van der Waals surface area contributed by atoms with E-state index >= 15 is 0 Å². The van der Waals surface area contributed by atoms with Gasteiger partial charge in [0.1, 0.15) is 5.82 Å². The first-order chi connectivity index (χ1) is 5.15. The average Bonchev–Trinajstić information content (AvgIpc) is 1.85. The lowest BCUT2D eigenvalue weighted by molar-refractivity contribution is 0.626. The van der Waals surface area contributed by atoms with Gasteiger partial charge in [0, 0.05) is 11.5 Å². The second-order valence-corrected chi connectivity index (χ2v) is 3.18. The van der Waals surface area contributed by atoms with Gasteiger partial charge in [-0.25, -0.2) is 4.39 Å². The van der Waals surface area contributed by atoms with E-state index in [9.17, 15) is 4.39 Å². The molecule has 3 heteroatoms. The van der Waals surface area contributed by atoms with Crippen molar-refractivity contribution in [3.63, 3.8) is 0 Å². The second kappa shape index (κ2) is 3.22. The Balaban J connectivity index is 3.25. The van der Waals surface area contributed by atoms with Crippen molar-refractivity contribution in [3.05, 3.63) is 28.0 Å². The summed E-state index contributed by atoms with van der Waals surface area (Å²) in [6.07, 6.45) is 0. The van der Waals surface area contributed by atoms with Gasteiger partial charge in [0.05, 0.1) is 5.69 Å². The molecule has 1 aromatic carbocycles. The molecule has 0 unspecified atom stereocenters. The predicted octanol–water partition coefficient (Wildman–Crippen LogP) is 2.94. The number of benzene rings is 1. The van der Waals surface area contributed by atoms with Crippen molar-refractivity contribution in [1.29, 1.82) is 0 Å². The Kier molecular flexibility index (Phi) is 2.49. The molecule has 0 heterocycles. The first kappa shape index (κ1) is 8.53. The Hall–Kier alpha value is -0.570. The van der Waals surface area contributed by atoms with E-state index in [2.05, 4.69) is 21.2 Å². The van der Waals surface area contributed by atoms with Crippen LogP contribution in [0.5, 0.6) is 0 Å². The summed E-state index contributed by atoms with van der Waals surface area (Å²) in [6, 6.07) is 2.94. The molecule has 0 radical (unpaired) electrons. The molecule has 0 saturated heterocycles. The number of hydrogen-bond donors (Lipinski definition) is 1.